The van der Waals surface area contributed by atoms with Crippen LogP contribution in [0.3, 0.4) is 0 Å². The smallest absolute Gasteiger partial charge is 0.250 e. The Labute approximate surface area is 229 Å². The van der Waals surface area contributed by atoms with Gasteiger partial charge in [0.1, 0.15) is 11.4 Å². The average molecular weight is 535 g/mol. The first-order valence-electron chi connectivity index (χ1n) is 13.7. The summed E-state index contributed by atoms with van der Waals surface area (Å²) in [5.41, 5.74) is 4.14. The first kappa shape index (κ1) is 25.4. The Bertz CT molecular complexity index is 1350. The predicted octanol–water partition coefficient (Wildman–Crippen LogP) is 6.12. The maximum atomic E-state index is 16.2. The molecule has 1 amide bonds. The number of amides is 1. The van der Waals surface area contributed by atoms with E-state index in [1.54, 1.807) is 0 Å². The van der Waals surface area contributed by atoms with E-state index in [0.29, 0.717) is 22.1 Å². The number of allylic oxidation sites excluding steroid dienone is 1. The maximum Gasteiger partial charge on any atom is 0.250 e. The highest BCUT2D eigenvalue weighted by Gasteiger charge is 2.69. The summed E-state index contributed by atoms with van der Waals surface area (Å²) in [6.07, 6.45) is 8.18. The summed E-state index contributed by atoms with van der Waals surface area (Å²) >= 11 is 6.38. The summed E-state index contributed by atoms with van der Waals surface area (Å²) in [6.45, 7) is 4.74. The van der Waals surface area contributed by atoms with Gasteiger partial charge in [0.25, 0.3) is 0 Å². The van der Waals surface area contributed by atoms with Gasteiger partial charge in [0.15, 0.2) is 0 Å². The number of carbonyl (C=O) groups is 1. The van der Waals surface area contributed by atoms with Crippen molar-refractivity contribution in [2.75, 3.05) is 26.0 Å². The van der Waals surface area contributed by atoms with Gasteiger partial charge >= 0.3 is 0 Å². The maximum absolute atomic E-state index is 16.2. The standard InChI is InChI=1S/C31H36ClFN4O/c1-5-6-14-34-24-16-25-26(29(24)36(3)4)27(21-9-7-8-18(2)28(21)33)31(37(25)17-19-10-11-19)22-13-12-20(32)15-23(22)35-30(31)38/h6-9,12-15,19,25-27,34H,5,10-11,16-17H2,1-4H3,(H,35,38)/b14-6-/t25-,26+,27-,31+/m0/s1. The van der Waals surface area contributed by atoms with Crippen LogP contribution < -0.4 is 10.6 Å². The van der Waals surface area contributed by atoms with E-state index in [-0.39, 0.29) is 23.7 Å². The molecular weight excluding hydrogens is 499 g/mol. The fourth-order valence-electron chi connectivity index (χ4n) is 7.26. The predicted molar refractivity (Wildman–Crippen MR) is 150 cm³/mol. The van der Waals surface area contributed by atoms with Crippen molar-refractivity contribution in [1.29, 1.82) is 0 Å². The molecule has 2 N–H and O–H groups in total. The molecule has 2 aromatic carbocycles. The van der Waals surface area contributed by atoms with Gasteiger partial charge in [-0.25, -0.2) is 4.39 Å². The molecule has 7 heteroatoms. The van der Waals surface area contributed by atoms with Gasteiger partial charge in [0.05, 0.1) is 0 Å². The number of rotatable bonds is 7. The molecule has 1 spiro atoms. The van der Waals surface area contributed by atoms with Crippen LogP contribution in [-0.2, 0) is 10.3 Å². The number of hydrogen-bond acceptors (Lipinski definition) is 4. The summed E-state index contributed by atoms with van der Waals surface area (Å²) in [7, 11) is 4.12. The van der Waals surface area contributed by atoms with Crippen molar-refractivity contribution in [2.24, 2.45) is 11.8 Å². The van der Waals surface area contributed by atoms with Crippen molar-refractivity contribution < 1.29 is 9.18 Å². The minimum Gasteiger partial charge on any atom is -0.379 e. The molecule has 2 fully saturated rings. The van der Waals surface area contributed by atoms with E-state index in [1.807, 2.05) is 49.5 Å². The first-order chi connectivity index (χ1) is 18.3. The van der Waals surface area contributed by atoms with E-state index in [2.05, 4.69) is 47.5 Å². The third-order valence-corrected chi connectivity index (χ3v) is 9.14. The minimum absolute atomic E-state index is 0.0582. The quantitative estimate of drug-likeness (QED) is 0.449. The van der Waals surface area contributed by atoms with Crippen molar-refractivity contribution in [3.8, 4) is 0 Å². The number of carbonyl (C=O) groups excluding carboxylic acids is 1. The lowest BCUT2D eigenvalue weighted by Crippen LogP contribution is -2.53. The number of fused-ring (bicyclic) bond motifs is 3. The normalized spacial score (nSPS) is 28.4. The molecule has 2 aliphatic carbocycles. The third-order valence-electron chi connectivity index (χ3n) is 8.90. The highest BCUT2D eigenvalue weighted by Crippen LogP contribution is 2.64. The Morgan fingerprint density at radius 3 is 2.76 bits per heavy atom. The summed E-state index contributed by atoms with van der Waals surface area (Å²) < 4.78 is 16.2. The molecular formula is C31H36ClFN4O. The molecule has 2 aromatic rings. The Kier molecular flexibility index (Phi) is 6.31. The van der Waals surface area contributed by atoms with Gasteiger partial charge in [-0.05, 0) is 61.6 Å². The van der Waals surface area contributed by atoms with Crippen LogP contribution in [-0.4, -0.2) is 42.4 Å². The monoisotopic (exact) mass is 534 g/mol. The molecule has 0 radical (unpaired) electrons. The number of likely N-dealkylation sites (tertiary alicyclic amines) is 1. The Balaban J connectivity index is 1.63. The van der Waals surface area contributed by atoms with E-state index in [1.165, 1.54) is 12.8 Å². The molecule has 1 saturated carbocycles. The zero-order chi connectivity index (χ0) is 26.8. The van der Waals surface area contributed by atoms with Crippen LogP contribution in [0, 0.1) is 24.6 Å². The summed E-state index contributed by atoms with van der Waals surface area (Å²) in [5.74, 6) is -0.207. The van der Waals surface area contributed by atoms with Gasteiger partial charge < -0.3 is 15.5 Å². The van der Waals surface area contributed by atoms with Crippen LogP contribution in [0.4, 0.5) is 10.1 Å². The number of hydrogen-bond donors (Lipinski definition) is 2. The molecule has 5 nitrogen and oxygen atoms in total. The van der Waals surface area contributed by atoms with Crippen molar-refractivity contribution in [1.82, 2.24) is 15.1 Å². The number of nitrogens with zero attached hydrogens (tertiary/aromatic N) is 2. The van der Waals surface area contributed by atoms with Crippen molar-refractivity contribution in [3.63, 3.8) is 0 Å². The highest BCUT2D eigenvalue weighted by molar-refractivity contribution is 6.31. The van der Waals surface area contributed by atoms with E-state index < -0.39 is 11.5 Å². The van der Waals surface area contributed by atoms with Crippen LogP contribution in [0.1, 0.15) is 55.2 Å². The third kappa shape index (κ3) is 3.71. The topological polar surface area (TPSA) is 47.6 Å². The Hall–Kier alpha value is -2.83. The molecule has 2 heterocycles. The largest absolute Gasteiger partial charge is 0.379 e. The Morgan fingerprint density at radius 1 is 1.26 bits per heavy atom. The average Bonchev–Trinajstić information content (AvgIpc) is 3.48. The molecule has 1 saturated heterocycles. The number of anilines is 1. The van der Waals surface area contributed by atoms with Crippen molar-refractivity contribution >= 4 is 23.2 Å². The lowest BCUT2D eigenvalue weighted by atomic mass is 9.70. The fourth-order valence-corrected chi connectivity index (χ4v) is 7.43. The molecule has 200 valence electrons. The molecule has 38 heavy (non-hydrogen) atoms. The minimum atomic E-state index is -1.02. The van der Waals surface area contributed by atoms with Crippen LogP contribution in [0.2, 0.25) is 5.02 Å². The second-order valence-corrected chi connectivity index (χ2v) is 11.9. The molecule has 4 atom stereocenters. The van der Waals surface area contributed by atoms with Gasteiger partial charge in [-0.1, -0.05) is 48.9 Å². The lowest BCUT2D eigenvalue weighted by molar-refractivity contribution is -0.128. The highest BCUT2D eigenvalue weighted by atomic mass is 35.5. The number of benzene rings is 2. The van der Waals surface area contributed by atoms with Gasteiger partial charge in [-0.15, -0.1) is 0 Å². The lowest BCUT2D eigenvalue weighted by Gasteiger charge is -2.41. The SMILES string of the molecule is CC/C=C\NC1=C(N(C)C)[C@@H]2[C@H](C1)N(CC1CC1)[C@@]1(C(=O)Nc3cc(Cl)ccc31)[C@H]2c1cccc(C)c1F. The first-order valence-corrected chi connectivity index (χ1v) is 14.1. The van der Waals surface area contributed by atoms with Crippen LogP contribution >= 0.6 is 11.6 Å². The van der Waals surface area contributed by atoms with Gasteiger partial charge in [0.2, 0.25) is 5.91 Å². The van der Waals surface area contributed by atoms with Crippen LogP contribution in [0.15, 0.2) is 60.1 Å². The second kappa shape index (κ2) is 9.42. The zero-order valence-electron chi connectivity index (χ0n) is 22.5. The van der Waals surface area contributed by atoms with Crippen LogP contribution in [0.5, 0.6) is 0 Å². The number of aryl methyl sites for hydroxylation is 1. The van der Waals surface area contributed by atoms with E-state index in [0.717, 1.165) is 42.0 Å². The molecule has 4 aliphatic rings. The number of nitrogens with one attached hydrogen (secondary N) is 2. The van der Waals surface area contributed by atoms with Gasteiger partial charge in [-0.3, -0.25) is 9.69 Å². The summed E-state index contributed by atoms with van der Waals surface area (Å²) in [6, 6.07) is 11.4. The van der Waals surface area contributed by atoms with Gasteiger partial charge in [-0.2, -0.15) is 0 Å². The molecule has 6 rings (SSSR count). The molecule has 0 bridgehead atoms. The molecule has 0 aromatic heterocycles. The molecule has 2 aliphatic heterocycles. The van der Waals surface area contributed by atoms with Crippen molar-refractivity contribution in [3.05, 3.63) is 87.6 Å². The Morgan fingerprint density at radius 2 is 2.05 bits per heavy atom. The van der Waals surface area contributed by atoms with E-state index in [4.69, 9.17) is 11.6 Å². The fraction of sp³-hybridized carbons (Fsp3) is 0.452. The summed E-state index contributed by atoms with van der Waals surface area (Å²) in [5, 5.41) is 7.31. The van der Waals surface area contributed by atoms with Gasteiger partial charge in [0, 0.05) is 72.6 Å². The second-order valence-electron chi connectivity index (χ2n) is 11.5. The van der Waals surface area contributed by atoms with E-state index >= 15 is 4.39 Å². The summed E-state index contributed by atoms with van der Waals surface area (Å²) in [4.78, 5) is 19.0. The van der Waals surface area contributed by atoms with E-state index in [9.17, 15) is 4.79 Å². The number of halogens is 2. The van der Waals surface area contributed by atoms with Crippen molar-refractivity contribution in [2.45, 2.75) is 57.0 Å². The zero-order valence-corrected chi connectivity index (χ0v) is 23.3. The molecule has 0 unspecified atom stereocenters. The van der Waals surface area contributed by atoms with Crippen LogP contribution in [0.25, 0.3) is 0 Å².